The van der Waals surface area contributed by atoms with Gasteiger partial charge in [-0.1, -0.05) is 6.07 Å². The number of likely N-dealkylation sites (N-methyl/N-ethyl adjacent to an activating group) is 1. The number of nitriles is 1. The van der Waals surface area contributed by atoms with E-state index in [4.69, 9.17) is 5.26 Å². The van der Waals surface area contributed by atoms with Gasteiger partial charge in [0.2, 0.25) is 11.8 Å². The third-order valence-electron chi connectivity index (χ3n) is 6.76. The highest BCUT2D eigenvalue weighted by Gasteiger charge is 2.48. The minimum atomic E-state index is -4.95. The second kappa shape index (κ2) is 9.81. The van der Waals surface area contributed by atoms with Crippen molar-refractivity contribution >= 4 is 21.7 Å². The molecule has 0 radical (unpaired) electrons. The van der Waals surface area contributed by atoms with E-state index < -0.39 is 49.1 Å². The zero-order valence-corrected chi connectivity index (χ0v) is 20.8. The monoisotopic (exact) mass is 537 g/mol. The maximum absolute atomic E-state index is 14.0. The molecule has 2 aromatic rings. The smallest absolute Gasteiger partial charge is 0.355 e. The number of nitrogens with zero attached hydrogens (tertiary/aromatic N) is 3. The number of hydrogen-bond acceptors (Lipinski definition) is 6. The molecule has 198 valence electrons. The lowest BCUT2D eigenvalue weighted by atomic mass is 10.1. The van der Waals surface area contributed by atoms with Crippen molar-refractivity contribution in [2.45, 2.75) is 67.4 Å². The van der Waals surface area contributed by atoms with E-state index in [1.54, 1.807) is 6.92 Å². The van der Waals surface area contributed by atoms with Crippen LogP contribution in [-0.2, 0) is 32.1 Å². The van der Waals surface area contributed by atoms with E-state index in [-0.39, 0.29) is 37.3 Å². The normalized spacial score (nSPS) is 20.7. The Morgan fingerprint density at radius 2 is 1.97 bits per heavy atom. The first-order valence-corrected chi connectivity index (χ1v) is 13.4. The predicted octanol–water partition coefficient (Wildman–Crippen LogP) is 2.82. The van der Waals surface area contributed by atoms with Crippen LogP contribution < -0.4 is 10.6 Å². The third kappa shape index (κ3) is 5.64. The average Bonchev–Trinajstić information content (AvgIpc) is 3.22. The van der Waals surface area contributed by atoms with E-state index >= 15 is 0 Å². The lowest BCUT2D eigenvalue weighted by molar-refractivity contribution is -0.139. The molecule has 37 heavy (non-hydrogen) atoms. The molecule has 2 N–H and O–H groups in total. The molecule has 13 heteroatoms. The van der Waals surface area contributed by atoms with Crippen LogP contribution in [0.5, 0.6) is 0 Å². The Kier molecular flexibility index (Phi) is 7.07. The number of amides is 2. The molecule has 1 aromatic carbocycles. The van der Waals surface area contributed by atoms with Crippen LogP contribution >= 0.6 is 0 Å². The summed E-state index contributed by atoms with van der Waals surface area (Å²) >= 11 is 0. The number of sulfone groups is 1. The molecular formula is C24H26F3N5O4S. The van der Waals surface area contributed by atoms with Gasteiger partial charge in [-0.3, -0.25) is 14.3 Å². The van der Waals surface area contributed by atoms with Crippen molar-refractivity contribution in [1.82, 2.24) is 20.4 Å². The number of carbonyl (C=O) groups excluding carboxylic acids is 2. The van der Waals surface area contributed by atoms with Crippen LogP contribution in [-0.4, -0.2) is 47.3 Å². The SMILES string of the molecule is CCNC(=O)Cn1cc(-c2ccc(S(=O)(=O)[C@@H]3CCC(C(=O)NC4(C#N)CC4)C3)c(C(F)(F)F)c2)cn1. The molecular weight excluding hydrogens is 511 g/mol. The first-order valence-electron chi connectivity index (χ1n) is 11.9. The summed E-state index contributed by atoms with van der Waals surface area (Å²) in [5.41, 5.74) is -1.80. The predicted molar refractivity (Wildman–Crippen MR) is 125 cm³/mol. The number of halogens is 3. The maximum atomic E-state index is 14.0. The molecule has 0 spiro atoms. The van der Waals surface area contributed by atoms with Crippen LogP contribution in [0, 0.1) is 17.2 Å². The van der Waals surface area contributed by atoms with E-state index in [2.05, 4.69) is 15.7 Å². The van der Waals surface area contributed by atoms with Crippen molar-refractivity contribution in [1.29, 1.82) is 5.26 Å². The van der Waals surface area contributed by atoms with Gasteiger partial charge in [-0.2, -0.15) is 23.5 Å². The second-order valence-corrected chi connectivity index (χ2v) is 11.6. The lowest BCUT2D eigenvalue weighted by Crippen LogP contribution is -2.39. The number of hydrogen-bond donors (Lipinski definition) is 2. The molecule has 9 nitrogen and oxygen atoms in total. The molecule has 1 unspecified atom stereocenters. The van der Waals surface area contributed by atoms with E-state index in [1.807, 2.05) is 6.07 Å². The molecule has 1 aromatic heterocycles. The summed E-state index contributed by atoms with van der Waals surface area (Å²) < 4.78 is 70.0. The molecule has 2 amide bonds. The fourth-order valence-electron chi connectivity index (χ4n) is 4.55. The Labute approximate surface area is 211 Å². The fourth-order valence-corrected chi connectivity index (χ4v) is 6.58. The first kappa shape index (κ1) is 26.7. The Morgan fingerprint density at radius 1 is 1.24 bits per heavy atom. The Morgan fingerprint density at radius 3 is 2.59 bits per heavy atom. The second-order valence-electron chi connectivity index (χ2n) is 9.45. The number of nitrogens with one attached hydrogen (secondary N) is 2. The van der Waals surface area contributed by atoms with Crippen LogP contribution in [0.15, 0.2) is 35.5 Å². The standard InChI is InChI=1S/C24H26F3N5O4S/c1-2-29-21(33)13-32-12-17(11-30-32)15-4-6-20(19(10-15)24(25,26)27)37(35,36)18-5-3-16(9-18)22(34)31-23(14-28)7-8-23/h4,6,10-12,16,18H,2-3,5,7-9,13H2,1H3,(H,29,33)(H,31,34)/t16?,18-/m1/s1. The zero-order chi connectivity index (χ0) is 27.0. The van der Waals surface area contributed by atoms with E-state index in [1.165, 1.54) is 23.1 Å². The number of benzene rings is 1. The van der Waals surface area contributed by atoms with Gasteiger partial charge < -0.3 is 10.6 Å². The summed E-state index contributed by atoms with van der Waals surface area (Å²) in [5, 5.41) is 17.3. The van der Waals surface area contributed by atoms with Crippen molar-refractivity contribution in [2.75, 3.05) is 6.54 Å². The zero-order valence-electron chi connectivity index (χ0n) is 20.0. The van der Waals surface area contributed by atoms with Gasteiger partial charge in [0.25, 0.3) is 0 Å². The van der Waals surface area contributed by atoms with Gasteiger partial charge in [0.05, 0.1) is 28.0 Å². The summed E-state index contributed by atoms with van der Waals surface area (Å²) in [6.45, 7) is 2.06. The molecule has 2 saturated carbocycles. The summed E-state index contributed by atoms with van der Waals surface area (Å²) in [4.78, 5) is 23.4. The van der Waals surface area contributed by atoms with Crippen molar-refractivity contribution in [3.63, 3.8) is 0 Å². The number of alkyl halides is 3. The first-order chi connectivity index (χ1) is 17.4. The molecule has 0 saturated heterocycles. The van der Waals surface area contributed by atoms with E-state index in [0.717, 1.165) is 12.1 Å². The summed E-state index contributed by atoms with van der Waals surface area (Å²) in [6.07, 6.45) is -1.04. The van der Waals surface area contributed by atoms with Gasteiger partial charge in [-0.25, -0.2) is 8.42 Å². The molecule has 2 fully saturated rings. The topological polar surface area (TPSA) is 134 Å². The van der Waals surface area contributed by atoms with Crippen LogP contribution in [0.3, 0.4) is 0 Å². The van der Waals surface area contributed by atoms with Gasteiger partial charge in [-0.15, -0.1) is 0 Å². The maximum Gasteiger partial charge on any atom is 0.417 e. The van der Waals surface area contributed by atoms with Crippen molar-refractivity contribution in [3.8, 4) is 17.2 Å². The third-order valence-corrected chi connectivity index (χ3v) is 9.03. The van der Waals surface area contributed by atoms with Gasteiger partial charge in [0.1, 0.15) is 12.1 Å². The Bertz CT molecular complexity index is 1360. The van der Waals surface area contributed by atoms with Crippen LogP contribution in [0.25, 0.3) is 11.1 Å². The largest absolute Gasteiger partial charge is 0.417 e. The van der Waals surface area contributed by atoms with Gasteiger partial charge >= 0.3 is 6.18 Å². The minimum absolute atomic E-state index is 0.0472. The van der Waals surface area contributed by atoms with Crippen LogP contribution in [0.1, 0.15) is 44.6 Å². The van der Waals surface area contributed by atoms with Crippen molar-refractivity contribution in [2.24, 2.45) is 5.92 Å². The van der Waals surface area contributed by atoms with Crippen molar-refractivity contribution < 1.29 is 31.2 Å². The van der Waals surface area contributed by atoms with Crippen LogP contribution in [0.2, 0.25) is 0 Å². The van der Waals surface area contributed by atoms with Crippen LogP contribution in [0.4, 0.5) is 13.2 Å². The summed E-state index contributed by atoms with van der Waals surface area (Å²) in [5.74, 6) is -1.43. The molecule has 4 rings (SSSR count). The Hall–Kier alpha value is -3.40. The fraction of sp³-hybridized carbons (Fsp3) is 0.500. The highest BCUT2D eigenvalue weighted by molar-refractivity contribution is 7.92. The van der Waals surface area contributed by atoms with Gasteiger partial charge in [0.15, 0.2) is 9.84 Å². The number of aromatic nitrogens is 2. The number of carbonyl (C=O) groups is 2. The Balaban J connectivity index is 1.57. The molecule has 1 heterocycles. The van der Waals surface area contributed by atoms with Crippen molar-refractivity contribution in [3.05, 3.63) is 36.2 Å². The van der Waals surface area contributed by atoms with E-state index in [9.17, 15) is 31.2 Å². The minimum Gasteiger partial charge on any atom is -0.355 e. The molecule has 0 aliphatic heterocycles. The lowest BCUT2D eigenvalue weighted by Gasteiger charge is -2.18. The highest BCUT2D eigenvalue weighted by Crippen LogP contribution is 2.42. The summed E-state index contributed by atoms with van der Waals surface area (Å²) in [7, 11) is -4.41. The average molecular weight is 538 g/mol. The molecule has 2 aliphatic rings. The number of rotatable bonds is 8. The molecule has 2 atom stereocenters. The summed E-state index contributed by atoms with van der Waals surface area (Å²) in [6, 6.07) is 5.02. The van der Waals surface area contributed by atoms with Gasteiger partial charge in [-0.05, 0) is 56.7 Å². The highest BCUT2D eigenvalue weighted by atomic mass is 32.2. The molecule has 0 bridgehead atoms. The molecule has 2 aliphatic carbocycles. The quantitative estimate of drug-likeness (QED) is 0.532. The van der Waals surface area contributed by atoms with E-state index in [0.29, 0.717) is 24.9 Å². The van der Waals surface area contributed by atoms with Gasteiger partial charge in [0, 0.05) is 24.2 Å².